The number of methoxy groups -OCH3 is 2. The number of carbonyl (C=O) groups excluding carboxylic acids is 4. The molecule has 3 amide bonds. The molecule has 0 unspecified atom stereocenters. The molecule has 2 bridgehead atoms. The molecule has 0 radical (unpaired) electrons. The van der Waals surface area contributed by atoms with Crippen LogP contribution in [0.2, 0.25) is 0 Å². The number of amides is 3. The minimum Gasteiger partial charge on any atom is -0.481 e. The molecule has 11 atom stereocenters. The van der Waals surface area contributed by atoms with Crippen molar-refractivity contribution in [3.63, 3.8) is 0 Å². The number of nitrogens with zero attached hydrogens (tertiary/aromatic N) is 3. The number of carboxylic acid groups (broad SMARTS) is 1. The fourth-order valence-electron chi connectivity index (χ4n) is 10.4. The smallest absolute Gasteiger partial charge is 0.307 e. The first-order chi connectivity index (χ1) is 28.7. The van der Waals surface area contributed by atoms with E-state index in [-0.39, 0.29) is 66.7 Å². The molecule has 1 aromatic rings. The molecule has 2 heterocycles. The molecular weight excluding hydrogens is 781 g/mol. The number of unbranched alkanes of at least 4 members (excludes halogenated alkanes) is 3. The second-order valence-electron chi connectivity index (χ2n) is 18.3. The summed E-state index contributed by atoms with van der Waals surface area (Å²) >= 11 is 4.35. The molecule has 0 spiro atoms. The summed E-state index contributed by atoms with van der Waals surface area (Å²) in [5.74, 6) is -2.15. The van der Waals surface area contributed by atoms with Crippen LogP contribution in [0.15, 0.2) is 30.3 Å². The monoisotopic (exact) mass is 857 g/mol. The summed E-state index contributed by atoms with van der Waals surface area (Å²) in [5.41, 5.74) is 0.852. The fraction of sp³-hybridized carbons (Fsp3) is 0.766. The number of carboxylic acids is 1. The lowest BCUT2D eigenvalue weighted by Crippen LogP contribution is -2.60. The number of thiol groups is 1. The highest BCUT2D eigenvalue weighted by Gasteiger charge is 2.50. The summed E-state index contributed by atoms with van der Waals surface area (Å²) in [7, 11) is 4.88. The molecule has 338 valence electrons. The van der Waals surface area contributed by atoms with Gasteiger partial charge in [-0.2, -0.15) is 12.6 Å². The number of ether oxygens (including phenoxy) is 2. The van der Waals surface area contributed by atoms with E-state index in [1.165, 1.54) is 7.11 Å². The van der Waals surface area contributed by atoms with E-state index in [9.17, 15) is 29.1 Å². The van der Waals surface area contributed by atoms with Crippen molar-refractivity contribution in [3.8, 4) is 0 Å². The average molecular weight is 857 g/mol. The van der Waals surface area contributed by atoms with Crippen LogP contribution in [0, 0.1) is 29.6 Å². The number of nitrogens with one attached hydrogen (secondary N) is 1. The number of Topliss-reactive ketones (excluding diaryl/α,β-unsaturated/α-hetero) is 1. The summed E-state index contributed by atoms with van der Waals surface area (Å²) in [4.78, 5) is 74.8. The standard InChI is InChI=1S/C47H76N4O8S/c1-9-31(4)42(49(6)46(55)41(30(2)3)48-45(54)43-34-21-22-36(27-34)50(43)23-15-10-11-16-25-60)39(58-7)29-40(53)51-24-17-20-37(51)44(59-8)32(5)38(52)28-35(47(56)57)26-33-18-13-12-14-19-33/h12-14,18-19,30-32,34-37,39,41-44,60H,9-11,15-17,20-29H2,1-8H3,(H,48,54)(H,56,57)/t31-,32-,34-,35+,36-,37-,39+,41-,42-,43-,44+/m0/s1. The number of carbonyl (C=O) groups is 5. The van der Waals surface area contributed by atoms with E-state index < -0.39 is 42.1 Å². The molecular formula is C47H76N4O8S. The van der Waals surface area contributed by atoms with Gasteiger partial charge in [-0.05, 0) is 87.0 Å². The number of hydrogen-bond donors (Lipinski definition) is 3. The molecule has 4 rings (SSSR count). The Morgan fingerprint density at radius 2 is 1.65 bits per heavy atom. The van der Waals surface area contributed by atoms with Gasteiger partial charge in [0, 0.05) is 46.2 Å². The maximum Gasteiger partial charge on any atom is 0.307 e. The summed E-state index contributed by atoms with van der Waals surface area (Å²) in [5, 5.41) is 13.2. The molecule has 2 aliphatic heterocycles. The van der Waals surface area contributed by atoms with Crippen LogP contribution in [0.3, 0.4) is 0 Å². The molecule has 3 fully saturated rings. The van der Waals surface area contributed by atoms with Gasteiger partial charge in [0.05, 0.1) is 42.7 Å². The topological polar surface area (TPSA) is 146 Å². The highest BCUT2D eigenvalue weighted by Crippen LogP contribution is 2.43. The van der Waals surface area contributed by atoms with Gasteiger partial charge < -0.3 is 29.7 Å². The van der Waals surface area contributed by atoms with E-state index in [0.717, 1.165) is 75.6 Å². The van der Waals surface area contributed by atoms with Crippen LogP contribution in [0.4, 0.5) is 0 Å². The Morgan fingerprint density at radius 3 is 2.27 bits per heavy atom. The Balaban J connectivity index is 1.45. The highest BCUT2D eigenvalue weighted by atomic mass is 32.1. The lowest BCUT2D eigenvalue weighted by molar-refractivity contribution is -0.148. The van der Waals surface area contributed by atoms with Crippen molar-refractivity contribution in [1.29, 1.82) is 0 Å². The summed E-state index contributed by atoms with van der Waals surface area (Å²) in [6.07, 6.45) is 8.60. The third-order valence-corrected chi connectivity index (χ3v) is 14.3. The van der Waals surface area contributed by atoms with Crippen molar-refractivity contribution in [2.45, 2.75) is 161 Å². The van der Waals surface area contributed by atoms with Crippen LogP contribution in [-0.2, 0) is 39.9 Å². The lowest BCUT2D eigenvalue weighted by Gasteiger charge is -2.41. The summed E-state index contributed by atoms with van der Waals surface area (Å²) in [6, 6.07) is 7.92. The van der Waals surface area contributed by atoms with Crippen molar-refractivity contribution in [2.75, 3.05) is 40.1 Å². The molecule has 3 aliphatic rings. The Labute approximate surface area is 365 Å². The van der Waals surface area contributed by atoms with E-state index in [4.69, 9.17) is 9.47 Å². The van der Waals surface area contributed by atoms with Gasteiger partial charge >= 0.3 is 5.97 Å². The molecule has 2 N–H and O–H groups in total. The number of fused-ring (bicyclic) bond motifs is 2. The minimum absolute atomic E-state index is 0.0172. The Hall–Kier alpha value is -3.00. The zero-order valence-electron chi connectivity index (χ0n) is 37.7. The van der Waals surface area contributed by atoms with Crippen LogP contribution in [0.5, 0.6) is 0 Å². The lowest BCUT2D eigenvalue weighted by atomic mass is 9.85. The zero-order chi connectivity index (χ0) is 44.1. The molecule has 12 nitrogen and oxygen atoms in total. The Morgan fingerprint density at radius 1 is 0.950 bits per heavy atom. The summed E-state index contributed by atoms with van der Waals surface area (Å²) < 4.78 is 12.0. The van der Waals surface area contributed by atoms with E-state index in [1.807, 2.05) is 44.2 Å². The van der Waals surface area contributed by atoms with Gasteiger partial charge in [-0.15, -0.1) is 0 Å². The second-order valence-corrected chi connectivity index (χ2v) is 18.7. The van der Waals surface area contributed by atoms with Crippen LogP contribution in [-0.4, -0.2) is 132 Å². The van der Waals surface area contributed by atoms with Gasteiger partial charge in [0.25, 0.3) is 0 Å². The Bertz CT molecular complexity index is 1550. The first-order valence-corrected chi connectivity index (χ1v) is 23.4. The minimum atomic E-state index is -1.02. The van der Waals surface area contributed by atoms with Crippen molar-refractivity contribution in [3.05, 3.63) is 35.9 Å². The van der Waals surface area contributed by atoms with Gasteiger partial charge in [-0.25, -0.2) is 0 Å². The number of likely N-dealkylation sites (tertiary alicyclic amines) is 2. The molecule has 0 aromatic heterocycles. The first kappa shape index (κ1) is 49.7. The Kier molecular flexibility index (Phi) is 19.9. The van der Waals surface area contributed by atoms with Crippen LogP contribution in [0.1, 0.15) is 117 Å². The molecule has 60 heavy (non-hydrogen) atoms. The van der Waals surface area contributed by atoms with Crippen molar-refractivity contribution in [1.82, 2.24) is 20.0 Å². The van der Waals surface area contributed by atoms with Crippen molar-refractivity contribution in [2.24, 2.45) is 29.6 Å². The van der Waals surface area contributed by atoms with E-state index in [1.54, 1.807) is 30.9 Å². The fourth-order valence-corrected chi connectivity index (χ4v) is 10.6. The third-order valence-electron chi connectivity index (χ3n) is 14.0. The number of likely N-dealkylation sites (N-methyl/N-ethyl adjacent to an activating group) is 1. The van der Waals surface area contributed by atoms with Crippen LogP contribution >= 0.6 is 12.6 Å². The first-order valence-electron chi connectivity index (χ1n) is 22.8. The molecule has 13 heteroatoms. The number of hydrogen-bond acceptors (Lipinski definition) is 9. The number of rotatable bonds is 26. The predicted octanol–water partition coefficient (Wildman–Crippen LogP) is 6.29. The maximum absolute atomic E-state index is 14.6. The molecule has 1 aliphatic carbocycles. The quantitative estimate of drug-likeness (QED) is 0.0723. The third kappa shape index (κ3) is 12.6. The number of piperidine rings is 1. The van der Waals surface area contributed by atoms with Gasteiger partial charge in [0.1, 0.15) is 11.8 Å². The maximum atomic E-state index is 14.6. The number of aliphatic carboxylic acids is 1. The van der Waals surface area contributed by atoms with Crippen LogP contribution < -0.4 is 5.32 Å². The van der Waals surface area contributed by atoms with E-state index >= 15 is 0 Å². The summed E-state index contributed by atoms with van der Waals surface area (Å²) in [6.45, 7) is 11.2. The van der Waals surface area contributed by atoms with Crippen molar-refractivity contribution < 1.29 is 38.6 Å². The molecule has 1 saturated carbocycles. The zero-order valence-corrected chi connectivity index (χ0v) is 38.6. The van der Waals surface area contributed by atoms with Gasteiger partial charge in [-0.3, -0.25) is 28.9 Å². The van der Waals surface area contributed by atoms with Gasteiger partial charge in [0.2, 0.25) is 17.7 Å². The molecule has 2 saturated heterocycles. The van der Waals surface area contributed by atoms with Crippen LogP contribution in [0.25, 0.3) is 0 Å². The van der Waals surface area contributed by atoms with E-state index in [2.05, 4.69) is 36.7 Å². The number of ketones is 1. The van der Waals surface area contributed by atoms with E-state index in [0.29, 0.717) is 24.9 Å². The average Bonchev–Trinajstić information content (AvgIpc) is 4.00. The number of benzene rings is 1. The van der Waals surface area contributed by atoms with Gasteiger partial charge in [0.15, 0.2) is 0 Å². The largest absolute Gasteiger partial charge is 0.481 e. The SMILES string of the molecule is CC[C@H](C)[C@@H]([C@@H](CC(=O)N1CCC[C@H]1[C@H](OC)[C@@H](C)C(=O)C[C@@H](Cc1ccccc1)C(=O)O)OC)N(C)C(=O)[C@@H](NC(=O)[C@@H]1[C@H]2CC[C@@H](C2)N1CCCCCCS)C(C)C. The second kappa shape index (κ2) is 24.0. The van der Waals surface area contributed by atoms with Gasteiger partial charge in [-0.1, -0.05) is 84.2 Å². The highest BCUT2D eigenvalue weighted by molar-refractivity contribution is 7.80. The predicted molar refractivity (Wildman–Crippen MR) is 238 cm³/mol. The normalized spacial score (nSPS) is 23.8. The van der Waals surface area contributed by atoms with Crippen molar-refractivity contribution >= 4 is 42.1 Å². The molecule has 1 aromatic carbocycles.